The van der Waals surface area contributed by atoms with Crippen LogP contribution >= 0.6 is 0 Å². The monoisotopic (exact) mass is 247 g/mol. The first kappa shape index (κ1) is 12.6. The predicted octanol–water partition coefficient (Wildman–Crippen LogP) is 0.0407. The van der Waals surface area contributed by atoms with Gasteiger partial charge in [0.05, 0.1) is 0 Å². The van der Waals surface area contributed by atoms with Gasteiger partial charge in [-0.1, -0.05) is 12.1 Å². The van der Waals surface area contributed by atoms with E-state index in [-0.39, 0.29) is 0 Å². The highest BCUT2D eigenvalue weighted by Crippen LogP contribution is 2.17. The Morgan fingerprint density at radius 1 is 1.22 bits per heavy atom. The Balaban J connectivity index is 2.09. The van der Waals surface area contributed by atoms with Gasteiger partial charge in [-0.05, 0) is 37.1 Å². The summed E-state index contributed by atoms with van der Waals surface area (Å²) in [4.78, 5) is 24.5. The van der Waals surface area contributed by atoms with E-state index in [0.29, 0.717) is 19.6 Å². The zero-order valence-corrected chi connectivity index (χ0v) is 10.2. The van der Waals surface area contributed by atoms with Crippen LogP contribution in [-0.2, 0) is 16.0 Å². The molecule has 5 heteroatoms. The molecule has 1 aromatic carbocycles. The average molecular weight is 247 g/mol. The fraction of sp³-hybridized carbons (Fsp3) is 0.385. The van der Waals surface area contributed by atoms with Gasteiger partial charge in [-0.3, -0.25) is 9.59 Å². The number of benzene rings is 1. The lowest BCUT2D eigenvalue weighted by Crippen LogP contribution is -2.52. The highest BCUT2D eigenvalue weighted by Gasteiger charge is 2.26. The number of carbonyl (C=O) groups is 2. The van der Waals surface area contributed by atoms with Crippen LogP contribution in [-0.4, -0.2) is 31.4 Å². The Labute approximate surface area is 106 Å². The number of nitrogens with one attached hydrogen (secondary N) is 1. The average Bonchev–Trinajstić information content (AvgIpc) is 2.40. The van der Waals surface area contributed by atoms with Gasteiger partial charge < -0.3 is 16.0 Å². The Bertz CT molecular complexity index is 442. The van der Waals surface area contributed by atoms with Crippen LogP contribution in [0, 0.1) is 0 Å². The lowest BCUT2D eigenvalue weighted by molar-refractivity contribution is -0.138. The van der Waals surface area contributed by atoms with Crippen molar-refractivity contribution in [1.29, 1.82) is 0 Å². The molecular weight excluding hydrogens is 230 g/mol. The van der Waals surface area contributed by atoms with Gasteiger partial charge >= 0.3 is 11.8 Å². The number of carbonyl (C=O) groups excluding carboxylic acids is 2. The summed E-state index contributed by atoms with van der Waals surface area (Å²) in [5.41, 5.74) is 7.42. The molecular formula is C13H17N3O2. The second-order valence-electron chi connectivity index (χ2n) is 4.27. The molecule has 3 N–H and O–H groups in total. The van der Waals surface area contributed by atoms with E-state index >= 15 is 0 Å². The Morgan fingerprint density at radius 2 is 1.94 bits per heavy atom. The van der Waals surface area contributed by atoms with Crippen molar-refractivity contribution in [3.05, 3.63) is 29.8 Å². The molecule has 2 rings (SSSR count). The van der Waals surface area contributed by atoms with E-state index in [9.17, 15) is 9.59 Å². The van der Waals surface area contributed by atoms with Gasteiger partial charge in [-0.25, -0.2) is 0 Å². The van der Waals surface area contributed by atoms with Crippen molar-refractivity contribution in [2.45, 2.75) is 12.8 Å². The molecule has 0 radical (unpaired) electrons. The van der Waals surface area contributed by atoms with Gasteiger partial charge in [-0.15, -0.1) is 0 Å². The van der Waals surface area contributed by atoms with Crippen molar-refractivity contribution < 1.29 is 9.59 Å². The van der Waals surface area contributed by atoms with Gasteiger partial charge in [0, 0.05) is 18.8 Å². The standard InChI is InChI=1S/C13H17N3O2/c14-7-1-2-10-3-5-11(6-4-10)16-9-8-15-12(17)13(16)18/h3-6H,1-2,7-9,14H2,(H,15,17). The van der Waals surface area contributed by atoms with Crippen molar-refractivity contribution in [3.63, 3.8) is 0 Å². The van der Waals surface area contributed by atoms with Crippen LogP contribution in [0.15, 0.2) is 24.3 Å². The Morgan fingerprint density at radius 3 is 2.61 bits per heavy atom. The van der Waals surface area contributed by atoms with Crippen molar-refractivity contribution in [2.75, 3.05) is 24.5 Å². The van der Waals surface area contributed by atoms with E-state index in [4.69, 9.17) is 5.73 Å². The minimum absolute atomic E-state index is 0.490. The summed E-state index contributed by atoms with van der Waals surface area (Å²) in [6.45, 7) is 1.69. The van der Waals surface area contributed by atoms with Gasteiger partial charge in [0.15, 0.2) is 0 Å². The molecule has 1 saturated heterocycles. The van der Waals surface area contributed by atoms with Crippen LogP contribution < -0.4 is 16.0 Å². The maximum absolute atomic E-state index is 11.7. The predicted molar refractivity (Wildman–Crippen MR) is 69.2 cm³/mol. The molecule has 0 bridgehead atoms. The molecule has 0 saturated carbocycles. The zero-order chi connectivity index (χ0) is 13.0. The Hall–Kier alpha value is -1.88. The maximum atomic E-state index is 11.7. The number of hydrogen-bond donors (Lipinski definition) is 2. The third-order valence-corrected chi connectivity index (χ3v) is 2.98. The Kier molecular flexibility index (Phi) is 3.94. The highest BCUT2D eigenvalue weighted by atomic mass is 16.2. The molecule has 18 heavy (non-hydrogen) atoms. The number of nitrogens with zero attached hydrogens (tertiary/aromatic N) is 1. The third kappa shape index (κ3) is 2.68. The topological polar surface area (TPSA) is 75.4 Å². The number of nitrogens with two attached hydrogens (primary N) is 1. The molecule has 1 aromatic rings. The smallest absolute Gasteiger partial charge is 0.316 e. The zero-order valence-electron chi connectivity index (χ0n) is 10.2. The summed E-state index contributed by atoms with van der Waals surface area (Å²) >= 11 is 0. The summed E-state index contributed by atoms with van der Waals surface area (Å²) in [5.74, 6) is -1.02. The van der Waals surface area contributed by atoms with Crippen LogP contribution in [0.25, 0.3) is 0 Å². The highest BCUT2D eigenvalue weighted by molar-refractivity contribution is 6.41. The minimum atomic E-state index is -0.534. The van der Waals surface area contributed by atoms with Gasteiger partial charge in [0.2, 0.25) is 0 Å². The molecule has 2 amide bonds. The van der Waals surface area contributed by atoms with Crippen LogP contribution in [0.1, 0.15) is 12.0 Å². The molecule has 5 nitrogen and oxygen atoms in total. The van der Waals surface area contributed by atoms with Crippen molar-refractivity contribution in [1.82, 2.24) is 5.32 Å². The van der Waals surface area contributed by atoms with E-state index in [2.05, 4.69) is 5.32 Å². The van der Waals surface area contributed by atoms with Crippen molar-refractivity contribution >= 4 is 17.5 Å². The number of aryl methyl sites for hydroxylation is 1. The molecule has 96 valence electrons. The first-order valence-electron chi connectivity index (χ1n) is 6.11. The number of anilines is 1. The van der Waals surface area contributed by atoms with E-state index < -0.39 is 11.8 Å². The lowest BCUT2D eigenvalue weighted by Gasteiger charge is -2.26. The van der Waals surface area contributed by atoms with Crippen LogP contribution in [0.5, 0.6) is 0 Å². The normalized spacial score (nSPS) is 15.7. The van der Waals surface area contributed by atoms with E-state index in [1.165, 1.54) is 10.5 Å². The number of hydrogen-bond acceptors (Lipinski definition) is 3. The van der Waals surface area contributed by atoms with E-state index in [1.54, 1.807) is 0 Å². The minimum Gasteiger partial charge on any atom is -0.346 e. The molecule has 0 unspecified atom stereocenters. The number of rotatable bonds is 4. The van der Waals surface area contributed by atoms with Crippen LogP contribution in [0.3, 0.4) is 0 Å². The lowest BCUT2D eigenvalue weighted by atomic mass is 10.1. The van der Waals surface area contributed by atoms with E-state index in [1.807, 2.05) is 24.3 Å². The van der Waals surface area contributed by atoms with Crippen molar-refractivity contribution in [3.8, 4) is 0 Å². The summed E-state index contributed by atoms with van der Waals surface area (Å²) < 4.78 is 0. The fourth-order valence-corrected chi connectivity index (χ4v) is 1.98. The summed E-state index contributed by atoms with van der Waals surface area (Å²) in [6.07, 6.45) is 1.88. The quantitative estimate of drug-likeness (QED) is 0.738. The molecule has 0 aliphatic carbocycles. The number of amides is 2. The molecule has 0 spiro atoms. The van der Waals surface area contributed by atoms with Crippen LogP contribution in [0.4, 0.5) is 5.69 Å². The van der Waals surface area contributed by atoms with E-state index in [0.717, 1.165) is 18.5 Å². The summed E-state index contributed by atoms with van der Waals surface area (Å²) in [7, 11) is 0. The molecule has 0 atom stereocenters. The molecule has 1 aliphatic rings. The first-order valence-corrected chi connectivity index (χ1v) is 6.11. The van der Waals surface area contributed by atoms with Gasteiger partial charge in [0.1, 0.15) is 0 Å². The largest absolute Gasteiger partial charge is 0.346 e. The fourth-order valence-electron chi connectivity index (χ4n) is 1.98. The number of piperazine rings is 1. The van der Waals surface area contributed by atoms with Gasteiger partial charge in [0.25, 0.3) is 0 Å². The summed E-state index contributed by atoms with van der Waals surface area (Å²) in [5, 5.41) is 2.53. The van der Waals surface area contributed by atoms with Gasteiger partial charge in [-0.2, -0.15) is 0 Å². The first-order chi connectivity index (χ1) is 8.72. The second kappa shape index (κ2) is 5.64. The third-order valence-electron chi connectivity index (χ3n) is 2.98. The SMILES string of the molecule is NCCCc1ccc(N2CCNC(=O)C2=O)cc1. The molecule has 0 aromatic heterocycles. The summed E-state index contributed by atoms with van der Waals surface area (Å²) in [6, 6.07) is 7.71. The molecule has 1 fully saturated rings. The molecule has 1 heterocycles. The van der Waals surface area contributed by atoms with Crippen molar-refractivity contribution in [2.24, 2.45) is 5.73 Å². The van der Waals surface area contributed by atoms with Crippen LogP contribution in [0.2, 0.25) is 0 Å². The molecule has 1 aliphatic heterocycles. The second-order valence-corrected chi connectivity index (χ2v) is 4.27. The maximum Gasteiger partial charge on any atom is 0.316 e.